The second-order valence-corrected chi connectivity index (χ2v) is 4.13. The first-order valence-electron chi connectivity index (χ1n) is 6.27. The Kier molecular flexibility index (Phi) is 4.49. The van der Waals surface area contributed by atoms with Crippen molar-refractivity contribution in [1.82, 2.24) is 9.97 Å². The third-order valence-corrected chi connectivity index (χ3v) is 2.56. The molecule has 2 N–H and O–H groups in total. The molecule has 0 aliphatic carbocycles. The first-order valence-corrected chi connectivity index (χ1v) is 6.27. The van der Waals surface area contributed by atoms with Crippen LogP contribution >= 0.6 is 0 Å². The summed E-state index contributed by atoms with van der Waals surface area (Å²) in [5.74, 6) is -0.651. The molecule has 0 aliphatic heterocycles. The van der Waals surface area contributed by atoms with Gasteiger partial charge < -0.3 is 15.0 Å². The smallest absolute Gasteiger partial charge is 0.338 e. The van der Waals surface area contributed by atoms with Crippen LogP contribution in [-0.4, -0.2) is 28.5 Å². The number of carbonyl (C=O) groups excluding carboxylic acids is 2. The van der Waals surface area contributed by atoms with Crippen LogP contribution < -0.4 is 5.32 Å². The molecular formula is C14H15N3O3. The van der Waals surface area contributed by atoms with Crippen LogP contribution in [0.3, 0.4) is 0 Å². The third-order valence-electron chi connectivity index (χ3n) is 2.56. The SMILES string of the molecule is CCCOC(=O)c1ccc(NC(=O)c2cnc[nH]2)cc1. The maximum Gasteiger partial charge on any atom is 0.338 e. The van der Waals surface area contributed by atoms with E-state index in [0.29, 0.717) is 23.6 Å². The van der Waals surface area contributed by atoms with Gasteiger partial charge in [-0.2, -0.15) is 0 Å². The van der Waals surface area contributed by atoms with Crippen molar-refractivity contribution in [2.24, 2.45) is 0 Å². The minimum Gasteiger partial charge on any atom is -0.462 e. The number of benzene rings is 1. The number of esters is 1. The lowest BCUT2D eigenvalue weighted by Crippen LogP contribution is -2.12. The molecule has 20 heavy (non-hydrogen) atoms. The van der Waals surface area contributed by atoms with Crippen molar-refractivity contribution in [2.75, 3.05) is 11.9 Å². The predicted octanol–water partition coefficient (Wildman–Crippen LogP) is 2.23. The molecule has 0 radical (unpaired) electrons. The Morgan fingerprint density at radius 2 is 2.05 bits per heavy atom. The number of nitrogens with one attached hydrogen (secondary N) is 2. The lowest BCUT2D eigenvalue weighted by molar-refractivity contribution is 0.0505. The Morgan fingerprint density at radius 3 is 2.65 bits per heavy atom. The number of ether oxygens (including phenoxy) is 1. The summed E-state index contributed by atoms with van der Waals surface area (Å²) in [6, 6.07) is 6.52. The highest BCUT2D eigenvalue weighted by molar-refractivity contribution is 6.02. The summed E-state index contributed by atoms with van der Waals surface area (Å²) >= 11 is 0. The van der Waals surface area contributed by atoms with Crippen LogP contribution in [0.15, 0.2) is 36.8 Å². The molecule has 0 unspecified atom stereocenters. The topological polar surface area (TPSA) is 84.1 Å². The maximum atomic E-state index is 11.8. The van der Waals surface area contributed by atoms with Gasteiger partial charge in [0.15, 0.2) is 0 Å². The van der Waals surface area contributed by atoms with Crippen molar-refractivity contribution in [1.29, 1.82) is 0 Å². The zero-order valence-electron chi connectivity index (χ0n) is 11.1. The fourth-order valence-electron chi connectivity index (χ4n) is 1.55. The normalized spacial score (nSPS) is 10.1. The van der Waals surface area contributed by atoms with Crippen molar-refractivity contribution in [3.8, 4) is 0 Å². The van der Waals surface area contributed by atoms with Crippen molar-refractivity contribution >= 4 is 17.6 Å². The highest BCUT2D eigenvalue weighted by Crippen LogP contribution is 2.11. The van der Waals surface area contributed by atoms with Crippen LogP contribution in [0, 0.1) is 0 Å². The molecule has 2 rings (SSSR count). The second kappa shape index (κ2) is 6.51. The summed E-state index contributed by atoms with van der Waals surface area (Å²) < 4.78 is 5.02. The average molecular weight is 273 g/mol. The van der Waals surface area contributed by atoms with Crippen molar-refractivity contribution in [3.63, 3.8) is 0 Å². The average Bonchev–Trinajstić information content (AvgIpc) is 3.00. The number of H-pyrrole nitrogens is 1. The third kappa shape index (κ3) is 3.44. The molecule has 1 aromatic heterocycles. The number of anilines is 1. The van der Waals surface area contributed by atoms with E-state index < -0.39 is 0 Å². The molecule has 1 aromatic carbocycles. The highest BCUT2D eigenvalue weighted by Gasteiger charge is 2.09. The van der Waals surface area contributed by atoms with Crippen LogP contribution in [0.4, 0.5) is 5.69 Å². The molecule has 1 heterocycles. The van der Waals surface area contributed by atoms with Crippen molar-refractivity contribution in [2.45, 2.75) is 13.3 Å². The number of hydrogen-bond acceptors (Lipinski definition) is 4. The van der Waals surface area contributed by atoms with E-state index >= 15 is 0 Å². The number of aromatic amines is 1. The number of hydrogen-bond donors (Lipinski definition) is 2. The molecule has 0 bridgehead atoms. The fraction of sp³-hybridized carbons (Fsp3) is 0.214. The minimum absolute atomic E-state index is 0.288. The largest absolute Gasteiger partial charge is 0.462 e. The molecule has 0 saturated carbocycles. The van der Waals surface area contributed by atoms with Gasteiger partial charge in [-0.05, 0) is 30.7 Å². The summed E-state index contributed by atoms with van der Waals surface area (Å²) in [5, 5.41) is 2.69. The second-order valence-electron chi connectivity index (χ2n) is 4.13. The van der Waals surface area contributed by atoms with E-state index in [2.05, 4.69) is 15.3 Å². The Labute approximate surface area is 116 Å². The van der Waals surface area contributed by atoms with E-state index in [1.165, 1.54) is 12.5 Å². The monoisotopic (exact) mass is 273 g/mol. The molecule has 6 nitrogen and oxygen atoms in total. The molecule has 1 amide bonds. The molecule has 0 saturated heterocycles. The quantitative estimate of drug-likeness (QED) is 0.818. The summed E-state index contributed by atoms with van der Waals surface area (Å²) in [7, 11) is 0. The van der Waals surface area contributed by atoms with Crippen LogP contribution in [0.2, 0.25) is 0 Å². The Bertz CT molecular complexity index is 576. The Morgan fingerprint density at radius 1 is 1.30 bits per heavy atom. The molecule has 6 heteroatoms. The van der Waals surface area contributed by atoms with Gasteiger partial charge >= 0.3 is 5.97 Å². The van der Waals surface area contributed by atoms with E-state index in [4.69, 9.17) is 4.74 Å². The van der Waals surface area contributed by atoms with Gasteiger partial charge in [-0.25, -0.2) is 9.78 Å². The van der Waals surface area contributed by atoms with Gasteiger partial charge in [0.1, 0.15) is 5.69 Å². The molecule has 0 atom stereocenters. The van der Waals surface area contributed by atoms with Gasteiger partial charge in [0, 0.05) is 5.69 Å². The molecule has 0 spiro atoms. The fourth-order valence-corrected chi connectivity index (χ4v) is 1.55. The van der Waals surface area contributed by atoms with Crippen LogP contribution in [0.25, 0.3) is 0 Å². The predicted molar refractivity (Wildman–Crippen MR) is 73.6 cm³/mol. The van der Waals surface area contributed by atoms with Gasteiger partial charge in [0.05, 0.1) is 24.7 Å². The lowest BCUT2D eigenvalue weighted by atomic mass is 10.2. The van der Waals surface area contributed by atoms with Gasteiger partial charge in [0.2, 0.25) is 0 Å². The number of aromatic nitrogens is 2. The number of imidazole rings is 1. The van der Waals surface area contributed by atoms with Gasteiger partial charge in [-0.1, -0.05) is 6.92 Å². The van der Waals surface area contributed by atoms with Crippen molar-refractivity contribution < 1.29 is 14.3 Å². The van der Waals surface area contributed by atoms with Gasteiger partial charge in [-0.3, -0.25) is 4.79 Å². The van der Waals surface area contributed by atoms with E-state index in [9.17, 15) is 9.59 Å². The van der Waals surface area contributed by atoms with Crippen molar-refractivity contribution in [3.05, 3.63) is 48.0 Å². The zero-order valence-corrected chi connectivity index (χ0v) is 11.1. The van der Waals surface area contributed by atoms with E-state index in [0.717, 1.165) is 6.42 Å². The number of rotatable bonds is 5. The minimum atomic E-state index is -0.363. The van der Waals surface area contributed by atoms with Crippen LogP contribution in [0.1, 0.15) is 34.2 Å². The van der Waals surface area contributed by atoms with Crippen LogP contribution in [0.5, 0.6) is 0 Å². The molecule has 0 aliphatic rings. The molecular weight excluding hydrogens is 258 g/mol. The van der Waals surface area contributed by atoms with E-state index in [1.54, 1.807) is 24.3 Å². The summed E-state index contributed by atoms with van der Waals surface area (Å²) in [4.78, 5) is 29.8. The zero-order chi connectivity index (χ0) is 14.4. The molecule has 0 fully saturated rings. The first kappa shape index (κ1) is 13.8. The number of amides is 1. The summed E-state index contributed by atoms with van der Waals surface area (Å²) in [6.45, 7) is 2.33. The first-order chi connectivity index (χ1) is 9.70. The maximum absolute atomic E-state index is 11.8. The van der Waals surface area contributed by atoms with E-state index in [1.807, 2.05) is 6.92 Å². The number of carbonyl (C=O) groups is 2. The van der Waals surface area contributed by atoms with Crippen LogP contribution in [-0.2, 0) is 4.74 Å². The Balaban J connectivity index is 1.98. The molecule has 2 aromatic rings. The van der Waals surface area contributed by atoms with Gasteiger partial charge in [-0.15, -0.1) is 0 Å². The lowest BCUT2D eigenvalue weighted by Gasteiger charge is -2.06. The Hall–Kier alpha value is -2.63. The number of nitrogens with zero attached hydrogens (tertiary/aromatic N) is 1. The molecule has 104 valence electrons. The summed E-state index contributed by atoms with van der Waals surface area (Å²) in [5.41, 5.74) is 1.42. The van der Waals surface area contributed by atoms with E-state index in [-0.39, 0.29) is 11.9 Å². The summed E-state index contributed by atoms with van der Waals surface area (Å²) in [6.07, 6.45) is 3.65. The standard InChI is InChI=1S/C14H15N3O3/c1-2-7-20-14(19)10-3-5-11(6-4-10)17-13(18)12-8-15-9-16-12/h3-6,8-9H,2,7H2,1H3,(H,15,16)(H,17,18). The van der Waals surface area contributed by atoms with Gasteiger partial charge in [0.25, 0.3) is 5.91 Å². The highest BCUT2D eigenvalue weighted by atomic mass is 16.5.